The number of hydrogen-bond donors (Lipinski definition) is 1. The molecular formula is C5H7NO2. The van der Waals surface area contributed by atoms with Crippen LogP contribution in [0.15, 0.2) is 17.3 Å². The van der Waals surface area contributed by atoms with Crippen LogP contribution in [-0.4, -0.2) is 17.2 Å². The zero-order chi connectivity index (χ0) is 6.57. The van der Waals surface area contributed by atoms with Crippen molar-refractivity contribution in [2.24, 2.45) is 5.16 Å². The van der Waals surface area contributed by atoms with Crippen molar-refractivity contribution < 1.29 is 10.0 Å². The summed E-state index contributed by atoms with van der Waals surface area (Å²) in [4.78, 5) is 9.83. The van der Waals surface area contributed by atoms with Crippen LogP contribution < -0.4 is 0 Å². The van der Waals surface area contributed by atoms with Crippen LogP contribution in [0.25, 0.3) is 0 Å². The van der Waals surface area contributed by atoms with Crippen molar-refractivity contribution >= 4 is 12.0 Å². The first-order valence-electron chi connectivity index (χ1n) is 2.05. The van der Waals surface area contributed by atoms with Crippen molar-refractivity contribution in [1.29, 1.82) is 0 Å². The topological polar surface area (TPSA) is 49.7 Å². The summed E-state index contributed by atoms with van der Waals surface area (Å²) in [5, 5.41) is 10.6. The molecule has 44 valence electrons. The van der Waals surface area contributed by atoms with E-state index in [-0.39, 0.29) is 5.71 Å². The van der Waals surface area contributed by atoms with Crippen LogP contribution in [0, 0.1) is 0 Å². The molecule has 0 rings (SSSR count). The van der Waals surface area contributed by atoms with E-state index in [0.717, 1.165) is 0 Å². The molecule has 0 aliphatic carbocycles. The van der Waals surface area contributed by atoms with Crippen LogP contribution in [0.1, 0.15) is 6.92 Å². The minimum Gasteiger partial charge on any atom is -0.410 e. The maximum atomic E-state index is 9.83. The molecule has 0 aromatic heterocycles. The van der Waals surface area contributed by atoms with Gasteiger partial charge in [-0.3, -0.25) is 4.79 Å². The molecule has 0 saturated heterocycles. The smallest absolute Gasteiger partial charge is 0.172 e. The lowest BCUT2D eigenvalue weighted by Crippen LogP contribution is -1.99. The summed E-state index contributed by atoms with van der Waals surface area (Å²) < 4.78 is 0. The molecule has 0 aliphatic rings. The van der Waals surface area contributed by atoms with Crippen LogP contribution in [0.4, 0.5) is 0 Å². The molecule has 0 aliphatic heterocycles. The number of allylic oxidation sites excluding steroid dienone is 1. The maximum Gasteiger partial charge on any atom is 0.172 e. The Balaban J connectivity index is 4.13. The van der Waals surface area contributed by atoms with Crippen molar-refractivity contribution in [2.45, 2.75) is 6.92 Å². The fraction of sp³-hybridized carbons (Fsp3) is 0.200. The summed E-state index contributed by atoms with van der Waals surface area (Å²) in [6, 6.07) is 0. The van der Waals surface area contributed by atoms with Gasteiger partial charge in [0.25, 0.3) is 0 Å². The van der Waals surface area contributed by atoms with Gasteiger partial charge in [-0.15, -0.1) is 0 Å². The Morgan fingerprint density at radius 3 is 2.38 bits per heavy atom. The Kier molecular flexibility index (Phi) is 2.54. The van der Waals surface area contributed by atoms with Crippen LogP contribution in [0.3, 0.4) is 0 Å². The molecule has 3 heteroatoms. The fourth-order valence-electron chi connectivity index (χ4n) is 0.210. The van der Waals surface area contributed by atoms with E-state index in [1.54, 1.807) is 6.92 Å². The van der Waals surface area contributed by atoms with Crippen LogP contribution in [0.2, 0.25) is 0 Å². The van der Waals surface area contributed by atoms with Gasteiger partial charge in [-0.05, 0) is 12.5 Å². The Bertz CT molecular complexity index is 137. The lowest BCUT2D eigenvalue weighted by Gasteiger charge is -1.87. The van der Waals surface area contributed by atoms with Crippen LogP contribution in [-0.2, 0) is 4.79 Å². The van der Waals surface area contributed by atoms with Crippen LogP contribution in [0.5, 0.6) is 0 Å². The van der Waals surface area contributed by atoms with Crippen LogP contribution >= 0.6 is 0 Å². The van der Waals surface area contributed by atoms with Gasteiger partial charge >= 0.3 is 0 Å². The maximum absolute atomic E-state index is 9.83. The number of oxime groups is 1. The number of hydrogen-bond acceptors (Lipinski definition) is 3. The van der Waals surface area contributed by atoms with E-state index in [9.17, 15) is 4.79 Å². The molecule has 3 nitrogen and oxygen atoms in total. The third kappa shape index (κ3) is 1.55. The molecule has 0 fully saturated rings. The van der Waals surface area contributed by atoms with Crippen molar-refractivity contribution in [3.05, 3.63) is 12.2 Å². The number of carbonyl (C=O) groups excluding carboxylic acids is 1. The van der Waals surface area contributed by atoms with Crippen molar-refractivity contribution in [3.8, 4) is 0 Å². The fourth-order valence-corrected chi connectivity index (χ4v) is 0.210. The van der Waals surface area contributed by atoms with Gasteiger partial charge in [0, 0.05) is 0 Å². The molecule has 8 heavy (non-hydrogen) atoms. The predicted molar refractivity (Wildman–Crippen MR) is 30.1 cm³/mol. The molecule has 0 spiro atoms. The molecule has 0 aromatic carbocycles. The van der Waals surface area contributed by atoms with Gasteiger partial charge in [-0.1, -0.05) is 11.7 Å². The molecule has 0 aromatic rings. The third-order valence-corrected chi connectivity index (χ3v) is 0.657. The summed E-state index contributed by atoms with van der Waals surface area (Å²) in [6.07, 6.45) is 0.447. The minimum atomic E-state index is -0.00926. The first-order chi connectivity index (χ1) is 3.72. The van der Waals surface area contributed by atoms with E-state index < -0.39 is 0 Å². The van der Waals surface area contributed by atoms with Gasteiger partial charge in [0.2, 0.25) is 0 Å². The lowest BCUT2D eigenvalue weighted by molar-refractivity contribution is -0.102. The van der Waals surface area contributed by atoms with E-state index in [0.29, 0.717) is 11.9 Å². The molecule has 0 radical (unpaired) electrons. The summed E-state index contributed by atoms with van der Waals surface area (Å²) in [5.41, 5.74) is 0.451. The molecule has 0 bridgehead atoms. The van der Waals surface area contributed by atoms with E-state index in [1.165, 1.54) is 0 Å². The summed E-state index contributed by atoms with van der Waals surface area (Å²) in [5.74, 6) is 0. The SMILES string of the molecule is C=C(C)/C(C=O)=N\O. The zero-order valence-electron chi connectivity index (χ0n) is 4.59. The van der Waals surface area contributed by atoms with Gasteiger partial charge in [0.15, 0.2) is 6.29 Å². The molecule has 0 atom stereocenters. The molecule has 0 saturated carbocycles. The van der Waals surface area contributed by atoms with E-state index in [2.05, 4.69) is 11.7 Å². The Morgan fingerprint density at radius 1 is 1.88 bits per heavy atom. The standard InChI is InChI=1S/C5H7NO2/c1-4(2)5(3-7)6-8/h3,8H,1H2,2H3/b6-5-. The summed E-state index contributed by atoms with van der Waals surface area (Å²) in [6.45, 7) is 4.96. The van der Waals surface area contributed by atoms with Crippen molar-refractivity contribution in [1.82, 2.24) is 0 Å². The highest BCUT2D eigenvalue weighted by atomic mass is 16.4. The van der Waals surface area contributed by atoms with Crippen molar-refractivity contribution in [2.75, 3.05) is 0 Å². The normalized spacial score (nSPS) is 10.9. The summed E-state index contributed by atoms with van der Waals surface area (Å²) in [7, 11) is 0. The molecule has 0 unspecified atom stereocenters. The van der Waals surface area contributed by atoms with Gasteiger partial charge in [-0.25, -0.2) is 0 Å². The van der Waals surface area contributed by atoms with Gasteiger partial charge in [-0.2, -0.15) is 0 Å². The lowest BCUT2D eigenvalue weighted by atomic mass is 10.2. The Hall–Kier alpha value is -1.12. The van der Waals surface area contributed by atoms with Gasteiger partial charge in [0.1, 0.15) is 5.71 Å². The predicted octanol–water partition coefficient (Wildman–Crippen LogP) is 0.592. The quantitative estimate of drug-likeness (QED) is 0.246. The first kappa shape index (κ1) is 6.88. The molecule has 1 N–H and O–H groups in total. The number of nitrogens with zero attached hydrogens (tertiary/aromatic N) is 1. The number of rotatable bonds is 2. The highest BCUT2D eigenvalue weighted by molar-refractivity contribution is 6.35. The summed E-state index contributed by atoms with van der Waals surface area (Å²) >= 11 is 0. The molecule has 0 heterocycles. The Labute approximate surface area is 47.3 Å². The second-order valence-corrected chi connectivity index (χ2v) is 1.38. The Morgan fingerprint density at radius 2 is 2.38 bits per heavy atom. The monoisotopic (exact) mass is 113 g/mol. The zero-order valence-corrected chi connectivity index (χ0v) is 4.59. The average Bonchev–Trinajstić information content (AvgIpc) is 1.69. The highest BCUT2D eigenvalue weighted by Gasteiger charge is 1.94. The van der Waals surface area contributed by atoms with E-state index >= 15 is 0 Å². The second kappa shape index (κ2) is 2.96. The highest BCUT2D eigenvalue weighted by Crippen LogP contribution is 1.87. The first-order valence-corrected chi connectivity index (χ1v) is 2.05. The number of carbonyl (C=O) groups is 1. The number of aldehydes is 1. The second-order valence-electron chi connectivity index (χ2n) is 1.38. The minimum absolute atomic E-state index is 0.00926. The van der Waals surface area contributed by atoms with Crippen molar-refractivity contribution in [3.63, 3.8) is 0 Å². The molecular weight excluding hydrogens is 106 g/mol. The van der Waals surface area contributed by atoms with E-state index in [1.807, 2.05) is 0 Å². The van der Waals surface area contributed by atoms with Gasteiger partial charge < -0.3 is 5.21 Å². The van der Waals surface area contributed by atoms with Gasteiger partial charge in [0.05, 0.1) is 0 Å². The average molecular weight is 113 g/mol. The molecule has 0 amide bonds. The largest absolute Gasteiger partial charge is 0.410 e. The third-order valence-electron chi connectivity index (χ3n) is 0.657. The van der Waals surface area contributed by atoms with E-state index in [4.69, 9.17) is 5.21 Å².